The quantitative estimate of drug-likeness (QED) is 0.595. The summed E-state index contributed by atoms with van der Waals surface area (Å²) in [5.41, 5.74) is 0. The summed E-state index contributed by atoms with van der Waals surface area (Å²) >= 11 is 0. The normalized spacial score (nSPS) is 14.4. The van der Waals surface area contributed by atoms with E-state index >= 15 is 0 Å². The van der Waals surface area contributed by atoms with Crippen molar-refractivity contribution in [3.63, 3.8) is 0 Å². The zero-order valence-electron chi connectivity index (χ0n) is 12.5. The molecule has 0 amide bonds. The van der Waals surface area contributed by atoms with Crippen LogP contribution in [0.3, 0.4) is 0 Å². The SMILES string of the molecule is N#CC(CCO[PH](=O)OCCC(C#N)c1nc[nH]n1)c1nc[nH]n1. The molecule has 11 nitrogen and oxygen atoms in total. The van der Waals surface area contributed by atoms with Gasteiger partial charge in [0.2, 0.25) is 0 Å². The zero-order chi connectivity index (χ0) is 17.2. The lowest BCUT2D eigenvalue weighted by molar-refractivity contribution is 0.218. The maximum absolute atomic E-state index is 11.7. The molecule has 0 spiro atoms. The molecule has 126 valence electrons. The van der Waals surface area contributed by atoms with Crippen molar-refractivity contribution >= 4 is 8.25 Å². The summed E-state index contributed by atoms with van der Waals surface area (Å²) < 4.78 is 21.8. The highest BCUT2D eigenvalue weighted by Crippen LogP contribution is 2.27. The molecule has 2 atom stereocenters. The summed E-state index contributed by atoms with van der Waals surface area (Å²) in [5.74, 6) is -0.352. The van der Waals surface area contributed by atoms with Gasteiger partial charge in [-0.15, -0.1) is 0 Å². The van der Waals surface area contributed by atoms with Gasteiger partial charge in [0.05, 0.1) is 25.4 Å². The van der Waals surface area contributed by atoms with E-state index in [0.29, 0.717) is 24.5 Å². The highest BCUT2D eigenvalue weighted by molar-refractivity contribution is 7.33. The lowest BCUT2D eigenvalue weighted by Gasteiger charge is -2.08. The van der Waals surface area contributed by atoms with Crippen LogP contribution in [0.5, 0.6) is 0 Å². The van der Waals surface area contributed by atoms with Gasteiger partial charge in [0.15, 0.2) is 11.6 Å². The Hall–Kier alpha value is -2.59. The summed E-state index contributed by atoms with van der Waals surface area (Å²) in [7, 11) is -2.70. The van der Waals surface area contributed by atoms with Crippen molar-refractivity contribution in [2.24, 2.45) is 0 Å². The van der Waals surface area contributed by atoms with Crippen LogP contribution in [0.1, 0.15) is 36.3 Å². The fourth-order valence-electron chi connectivity index (χ4n) is 1.84. The van der Waals surface area contributed by atoms with Crippen LogP contribution >= 0.6 is 8.25 Å². The molecule has 0 aromatic carbocycles. The molecule has 2 heterocycles. The van der Waals surface area contributed by atoms with E-state index in [2.05, 4.69) is 42.5 Å². The molecule has 0 aliphatic rings. The number of hydrogen-bond acceptors (Lipinski definition) is 9. The van der Waals surface area contributed by atoms with Crippen LogP contribution in [0.2, 0.25) is 0 Å². The van der Waals surface area contributed by atoms with E-state index in [1.54, 1.807) is 0 Å². The van der Waals surface area contributed by atoms with Crippen LogP contribution in [0, 0.1) is 22.7 Å². The van der Waals surface area contributed by atoms with Gasteiger partial charge in [0, 0.05) is 0 Å². The highest BCUT2D eigenvalue weighted by Gasteiger charge is 2.16. The van der Waals surface area contributed by atoms with Gasteiger partial charge in [-0.1, -0.05) is 0 Å². The van der Waals surface area contributed by atoms with Crippen molar-refractivity contribution in [3.05, 3.63) is 24.3 Å². The molecule has 2 rings (SSSR count). The molecular formula is C12H15N8O3P. The summed E-state index contributed by atoms with van der Waals surface area (Å²) in [6.45, 7) is 0.153. The molecule has 0 radical (unpaired) electrons. The summed E-state index contributed by atoms with van der Waals surface area (Å²) in [6.07, 6.45) is 3.36. The number of H-pyrrole nitrogens is 2. The van der Waals surface area contributed by atoms with Crippen LogP contribution in [0.4, 0.5) is 0 Å². The number of nitriles is 2. The number of nitrogens with zero attached hydrogens (tertiary/aromatic N) is 6. The summed E-state index contributed by atoms with van der Waals surface area (Å²) in [5, 5.41) is 30.8. The van der Waals surface area contributed by atoms with E-state index in [1.165, 1.54) is 12.7 Å². The number of aromatic nitrogens is 6. The summed E-state index contributed by atoms with van der Waals surface area (Å²) in [4.78, 5) is 7.79. The van der Waals surface area contributed by atoms with Crippen LogP contribution in [0.25, 0.3) is 0 Å². The third-order valence-electron chi connectivity index (χ3n) is 3.06. The maximum Gasteiger partial charge on any atom is 0.319 e. The molecule has 0 fully saturated rings. The van der Waals surface area contributed by atoms with Crippen LogP contribution < -0.4 is 0 Å². The van der Waals surface area contributed by atoms with E-state index in [0.717, 1.165) is 0 Å². The van der Waals surface area contributed by atoms with Gasteiger partial charge in [0.25, 0.3) is 0 Å². The highest BCUT2D eigenvalue weighted by atomic mass is 31.1. The maximum atomic E-state index is 11.7. The molecule has 2 aromatic heterocycles. The molecular weight excluding hydrogens is 335 g/mol. The van der Waals surface area contributed by atoms with E-state index in [-0.39, 0.29) is 13.2 Å². The molecule has 0 bridgehead atoms. The van der Waals surface area contributed by atoms with Gasteiger partial charge in [-0.2, -0.15) is 20.7 Å². The molecule has 12 heteroatoms. The topological polar surface area (TPSA) is 166 Å². The largest absolute Gasteiger partial charge is 0.319 e. The molecule has 2 unspecified atom stereocenters. The van der Waals surface area contributed by atoms with Gasteiger partial charge in [0.1, 0.15) is 24.5 Å². The minimum absolute atomic E-state index is 0.0766. The molecule has 0 aliphatic heterocycles. The first-order valence-electron chi connectivity index (χ1n) is 7.04. The Morgan fingerprint density at radius 2 is 1.46 bits per heavy atom. The minimum Gasteiger partial charge on any atom is -0.311 e. The minimum atomic E-state index is -2.70. The van der Waals surface area contributed by atoms with Gasteiger partial charge in [-0.05, 0) is 12.8 Å². The second-order valence-electron chi connectivity index (χ2n) is 4.60. The smallest absolute Gasteiger partial charge is 0.311 e. The first-order chi connectivity index (χ1) is 11.7. The van der Waals surface area contributed by atoms with Gasteiger partial charge >= 0.3 is 8.25 Å². The van der Waals surface area contributed by atoms with Crippen molar-refractivity contribution in [1.29, 1.82) is 10.5 Å². The van der Waals surface area contributed by atoms with E-state index in [1.807, 2.05) is 0 Å². The molecule has 2 N–H and O–H groups in total. The average molecular weight is 350 g/mol. The standard InChI is InChI=1S/C12H15N8O3P/c13-5-9(11-15-7-17-19-11)1-3-22-24(21)23-4-2-10(6-14)12-16-8-18-20-12/h7-10,24H,1-4H2,(H,15,17,19)(H,16,18,20). The van der Waals surface area contributed by atoms with Crippen LogP contribution in [-0.2, 0) is 13.6 Å². The zero-order valence-corrected chi connectivity index (χ0v) is 13.5. The van der Waals surface area contributed by atoms with Crippen molar-refractivity contribution in [1.82, 2.24) is 30.4 Å². The Bertz CT molecular complexity index is 645. The monoisotopic (exact) mass is 350 g/mol. The average Bonchev–Trinajstić information content (AvgIpc) is 3.29. The van der Waals surface area contributed by atoms with Crippen molar-refractivity contribution in [2.45, 2.75) is 24.7 Å². The van der Waals surface area contributed by atoms with Gasteiger partial charge < -0.3 is 9.05 Å². The van der Waals surface area contributed by atoms with Crippen molar-refractivity contribution in [3.8, 4) is 12.1 Å². The second-order valence-corrected chi connectivity index (χ2v) is 5.68. The fraction of sp³-hybridized carbons (Fsp3) is 0.500. The molecule has 0 aliphatic carbocycles. The Morgan fingerprint density at radius 1 is 1.00 bits per heavy atom. The predicted molar refractivity (Wildman–Crippen MR) is 79.6 cm³/mol. The van der Waals surface area contributed by atoms with Crippen molar-refractivity contribution in [2.75, 3.05) is 13.2 Å². The number of rotatable bonds is 10. The van der Waals surface area contributed by atoms with E-state index < -0.39 is 20.1 Å². The van der Waals surface area contributed by atoms with Crippen molar-refractivity contribution < 1.29 is 13.6 Å². The Morgan fingerprint density at radius 3 is 1.79 bits per heavy atom. The predicted octanol–water partition coefficient (Wildman–Crippen LogP) is 1.04. The second kappa shape index (κ2) is 9.53. The first kappa shape index (κ1) is 17.8. The van der Waals surface area contributed by atoms with Crippen LogP contribution in [-0.4, -0.2) is 43.6 Å². The molecule has 0 saturated heterocycles. The third-order valence-corrected chi connectivity index (χ3v) is 3.93. The molecule has 2 aromatic rings. The summed E-state index contributed by atoms with van der Waals surface area (Å²) in [6, 6.07) is 4.10. The third kappa shape index (κ3) is 5.25. The number of nitrogens with one attached hydrogen (secondary N) is 2. The lowest BCUT2D eigenvalue weighted by Crippen LogP contribution is -2.04. The van der Waals surface area contributed by atoms with E-state index in [4.69, 9.17) is 19.6 Å². The van der Waals surface area contributed by atoms with Gasteiger partial charge in [-0.3, -0.25) is 14.8 Å². The van der Waals surface area contributed by atoms with Crippen LogP contribution in [0.15, 0.2) is 12.7 Å². The fourth-order valence-corrected chi connectivity index (χ4v) is 2.49. The lowest BCUT2D eigenvalue weighted by atomic mass is 10.1. The Kier molecular flexibility index (Phi) is 7.05. The Labute approximate surface area is 138 Å². The number of aromatic amines is 2. The first-order valence-corrected chi connectivity index (χ1v) is 8.27. The molecule has 0 saturated carbocycles. The van der Waals surface area contributed by atoms with Gasteiger partial charge in [-0.25, -0.2) is 9.97 Å². The van der Waals surface area contributed by atoms with E-state index in [9.17, 15) is 4.57 Å². The molecule has 24 heavy (non-hydrogen) atoms. The number of hydrogen-bond donors (Lipinski definition) is 2. The Balaban J connectivity index is 1.65.